The quantitative estimate of drug-likeness (QED) is 0.790. The first-order valence-electron chi connectivity index (χ1n) is 5.67. The number of hydrogen-bond donors (Lipinski definition) is 2. The van der Waals surface area contributed by atoms with Crippen molar-refractivity contribution in [1.29, 1.82) is 0 Å². The lowest BCUT2D eigenvalue weighted by molar-refractivity contribution is -0.120. The second-order valence-electron chi connectivity index (χ2n) is 3.92. The molecule has 1 aromatic rings. The molecule has 1 amide bonds. The minimum Gasteiger partial charge on any atom is -0.355 e. The lowest BCUT2D eigenvalue weighted by Gasteiger charge is -2.09. The zero-order valence-electron chi connectivity index (χ0n) is 10.3. The summed E-state index contributed by atoms with van der Waals surface area (Å²) in [6.07, 6.45) is 0. The third kappa shape index (κ3) is 3.66. The number of hydrogen-bond acceptors (Lipinski definition) is 2. The van der Waals surface area contributed by atoms with Crippen LogP contribution in [0.3, 0.4) is 0 Å². The van der Waals surface area contributed by atoms with E-state index in [1.807, 2.05) is 13.0 Å². The molecule has 3 nitrogen and oxygen atoms in total. The molecule has 1 rings (SSSR count). The van der Waals surface area contributed by atoms with Gasteiger partial charge < -0.3 is 10.6 Å². The van der Waals surface area contributed by atoms with Crippen molar-refractivity contribution in [2.45, 2.75) is 27.3 Å². The van der Waals surface area contributed by atoms with Crippen LogP contribution in [0.2, 0.25) is 0 Å². The van der Waals surface area contributed by atoms with Crippen LogP contribution >= 0.6 is 0 Å². The van der Waals surface area contributed by atoms with Gasteiger partial charge in [-0.1, -0.05) is 18.2 Å². The molecule has 3 heteroatoms. The topological polar surface area (TPSA) is 41.1 Å². The van der Waals surface area contributed by atoms with Gasteiger partial charge >= 0.3 is 0 Å². The average Bonchev–Trinajstić information content (AvgIpc) is 2.25. The number of amides is 1. The third-order valence-corrected chi connectivity index (χ3v) is 2.69. The summed E-state index contributed by atoms with van der Waals surface area (Å²) in [6, 6.07) is 6.24. The fourth-order valence-electron chi connectivity index (χ4n) is 1.57. The number of aryl methyl sites for hydroxylation is 1. The highest BCUT2D eigenvalue weighted by Crippen LogP contribution is 2.11. The highest BCUT2D eigenvalue weighted by Gasteiger charge is 2.02. The largest absolute Gasteiger partial charge is 0.355 e. The van der Waals surface area contributed by atoms with E-state index in [0.717, 1.165) is 6.54 Å². The predicted molar refractivity (Wildman–Crippen MR) is 66.3 cm³/mol. The molecule has 1 aromatic carbocycles. The standard InChI is InChI=1S/C13H20N2O/c1-4-15-13(16)9-14-8-12-7-5-6-10(2)11(12)3/h5-7,14H,4,8-9H2,1-3H3,(H,15,16). The molecule has 88 valence electrons. The van der Waals surface area contributed by atoms with Crippen LogP contribution in [0.5, 0.6) is 0 Å². The minimum atomic E-state index is 0.0489. The first kappa shape index (κ1) is 12.7. The molecular formula is C13H20N2O. The molecule has 0 atom stereocenters. The van der Waals surface area contributed by atoms with Gasteiger partial charge in [0.05, 0.1) is 6.54 Å². The zero-order valence-corrected chi connectivity index (χ0v) is 10.3. The molecule has 0 saturated heterocycles. The lowest BCUT2D eigenvalue weighted by Crippen LogP contribution is -2.33. The highest BCUT2D eigenvalue weighted by atomic mass is 16.1. The van der Waals surface area contributed by atoms with Crippen molar-refractivity contribution >= 4 is 5.91 Å². The molecule has 0 aliphatic rings. The molecule has 0 fully saturated rings. The van der Waals surface area contributed by atoms with Gasteiger partial charge in [0.2, 0.25) is 5.91 Å². The van der Waals surface area contributed by atoms with Gasteiger partial charge in [0.1, 0.15) is 0 Å². The monoisotopic (exact) mass is 220 g/mol. The van der Waals surface area contributed by atoms with Crippen LogP contribution in [-0.4, -0.2) is 19.0 Å². The number of benzene rings is 1. The molecular weight excluding hydrogens is 200 g/mol. The van der Waals surface area contributed by atoms with E-state index in [-0.39, 0.29) is 5.91 Å². The minimum absolute atomic E-state index is 0.0489. The molecule has 0 spiro atoms. The van der Waals surface area contributed by atoms with E-state index in [4.69, 9.17) is 0 Å². The SMILES string of the molecule is CCNC(=O)CNCc1cccc(C)c1C. The molecule has 0 aliphatic heterocycles. The maximum Gasteiger partial charge on any atom is 0.233 e. The summed E-state index contributed by atoms with van der Waals surface area (Å²) in [6.45, 7) is 7.93. The lowest BCUT2D eigenvalue weighted by atomic mass is 10.0. The van der Waals surface area contributed by atoms with Crippen LogP contribution in [0.4, 0.5) is 0 Å². The zero-order chi connectivity index (χ0) is 12.0. The maximum atomic E-state index is 11.2. The molecule has 0 bridgehead atoms. The molecule has 0 aromatic heterocycles. The smallest absolute Gasteiger partial charge is 0.233 e. The van der Waals surface area contributed by atoms with Crippen LogP contribution in [0.15, 0.2) is 18.2 Å². The van der Waals surface area contributed by atoms with E-state index in [1.165, 1.54) is 16.7 Å². The van der Waals surface area contributed by atoms with E-state index in [1.54, 1.807) is 0 Å². The first-order chi connectivity index (χ1) is 7.65. The Morgan fingerprint density at radius 3 is 2.75 bits per heavy atom. The second-order valence-corrected chi connectivity index (χ2v) is 3.92. The van der Waals surface area contributed by atoms with Crippen molar-refractivity contribution < 1.29 is 4.79 Å². The van der Waals surface area contributed by atoms with Crippen LogP contribution in [0.25, 0.3) is 0 Å². The third-order valence-electron chi connectivity index (χ3n) is 2.69. The van der Waals surface area contributed by atoms with Gasteiger partial charge in [-0.25, -0.2) is 0 Å². The van der Waals surface area contributed by atoms with Crippen LogP contribution < -0.4 is 10.6 Å². The Labute approximate surface area is 97.2 Å². The Morgan fingerprint density at radius 2 is 2.06 bits per heavy atom. The van der Waals surface area contributed by atoms with E-state index in [9.17, 15) is 4.79 Å². The summed E-state index contributed by atoms with van der Waals surface area (Å²) < 4.78 is 0. The average molecular weight is 220 g/mol. The Morgan fingerprint density at radius 1 is 1.31 bits per heavy atom. The summed E-state index contributed by atoms with van der Waals surface area (Å²) >= 11 is 0. The predicted octanol–water partition coefficient (Wildman–Crippen LogP) is 1.53. The van der Waals surface area contributed by atoms with Crippen molar-refractivity contribution in [2.75, 3.05) is 13.1 Å². The molecule has 0 radical (unpaired) electrons. The van der Waals surface area contributed by atoms with Gasteiger partial charge in [0.15, 0.2) is 0 Å². The maximum absolute atomic E-state index is 11.2. The van der Waals surface area contributed by atoms with E-state index < -0.39 is 0 Å². The van der Waals surface area contributed by atoms with Crippen molar-refractivity contribution in [3.63, 3.8) is 0 Å². The van der Waals surface area contributed by atoms with Crippen molar-refractivity contribution in [2.24, 2.45) is 0 Å². The van der Waals surface area contributed by atoms with Gasteiger partial charge in [-0.3, -0.25) is 4.79 Å². The van der Waals surface area contributed by atoms with Crippen LogP contribution in [0, 0.1) is 13.8 Å². The highest BCUT2D eigenvalue weighted by molar-refractivity contribution is 5.77. The summed E-state index contributed by atoms with van der Waals surface area (Å²) in [5, 5.41) is 5.90. The van der Waals surface area contributed by atoms with Gasteiger partial charge in [-0.05, 0) is 37.5 Å². The molecule has 16 heavy (non-hydrogen) atoms. The number of rotatable bonds is 5. The summed E-state index contributed by atoms with van der Waals surface area (Å²) in [5.74, 6) is 0.0489. The van der Waals surface area contributed by atoms with Gasteiger partial charge in [0.25, 0.3) is 0 Å². The number of carbonyl (C=O) groups is 1. The van der Waals surface area contributed by atoms with E-state index >= 15 is 0 Å². The summed E-state index contributed by atoms with van der Waals surface area (Å²) in [7, 11) is 0. The Kier molecular flexibility index (Phi) is 4.99. The van der Waals surface area contributed by atoms with Crippen LogP contribution in [0.1, 0.15) is 23.6 Å². The van der Waals surface area contributed by atoms with E-state index in [0.29, 0.717) is 13.1 Å². The van der Waals surface area contributed by atoms with Gasteiger partial charge in [0, 0.05) is 13.1 Å². The Balaban J connectivity index is 2.43. The molecule has 0 saturated carbocycles. The molecule has 0 unspecified atom stereocenters. The molecule has 0 aliphatic carbocycles. The van der Waals surface area contributed by atoms with Gasteiger partial charge in [-0.2, -0.15) is 0 Å². The summed E-state index contributed by atoms with van der Waals surface area (Å²) in [4.78, 5) is 11.2. The Hall–Kier alpha value is -1.35. The fraction of sp³-hybridized carbons (Fsp3) is 0.462. The van der Waals surface area contributed by atoms with Gasteiger partial charge in [-0.15, -0.1) is 0 Å². The number of nitrogens with one attached hydrogen (secondary N) is 2. The fourth-order valence-corrected chi connectivity index (χ4v) is 1.57. The normalized spacial score (nSPS) is 10.2. The van der Waals surface area contributed by atoms with Crippen molar-refractivity contribution in [3.05, 3.63) is 34.9 Å². The number of carbonyl (C=O) groups excluding carboxylic acids is 1. The van der Waals surface area contributed by atoms with E-state index in [2.05, 4.69) is 36.6 Å². The second kappa shape index (κ2) is 6.28. The molecule has 0 heterocycles. The summed E-state index contributed by atoms with van der Waals surface area (Å²) in [5.41, 5.74) is 3.84. The Bertz CT molecular complexity index is 361. The van der Waals surface area contributed by atoms with Crippen LogP contribution in [-0.2, 0) is 11.3 Å². The number of likely N-dealkylation sites (N-methyl/N-ethyl adjacent to an activating group) is 1. The van der Waals surface area contributed by atoms with Crippen molar-refractivity contribution in [1.82, 2.24) is 10.6 Å². The first-order valence-corrected chi connectivity index (χ1v) is 5.67. The van der Waals surface area contributed by atoms with Crippen molar-refractivity contribution in [3.8, 4) is 0 Å². The molecule has 2 N–H and O–H groups in total.